The van der Waals surface area contributed by atoms with Crippen molar-refractivity contribution in [3.05, 3.63) is 23.1 Å². The second kappa shape index (κ2) is 8.48. The molecule has 166 valence electrons. The summed E-state index contributed by atoms with van der Waals surface area (Å²) in [6.07, 6.45) is 10.3. The number of carbonyl (C=O) groups is 1. The standard InChI is InChI=1S/C23H33N7O/c1-15(2)18-14-24-22(25-18)27-20-16-8-6-9-17(16)26-23(28-20)30-13-7-10-19(30)21(31)29-11-4-3-5-12-29/h14-15,19H,3-13H2,1-2H3,(H2,24,25,26,27,28)/t19-/m1/s1. The first-order valence-corrected chi connectivity index (χ1v) is 11.9. The molecule has 31 heavy (non-hydrogen) atoms. The summed E-state index contributed by atoms with van der Waals surface area (Å²) in [5.74, 6) is 2.87. The molecule has 0 unspecified atom stereocenters. The summed E-state index contributed by atoms with van der Waals surface area (Å²) >= 11 is 0. The number of piperidine rings is 1. The number of aromatic nitrogens is 4. The van der Waals surface area contributed by atoms with Crippen LogP contribution in [0.3, 0.4) is 0 Å². The molecule has 2 aromatic rings. The van der Waals surface area contributed by atoms with Gasteiger partial charge >= 0.3 is 0 Å². The number of imidazole rings is 1. The lowest BCUT2D eigenvalue weighted by atomic mass is 10.1. The lowest BCUT2D eigenvalue weighted by molar-refractivity contribution is -0.133. The van der Waals surface area contributed by atoms with Crippen LogP contribution in [-0.4, -0.2) is 56.4 Å². The van der Waals surface area contributed by atoms with Gasteiger partial charge in [-0.25, -0.2) is 9.97 Å². The van der Waals surface area contributed by atoms with Gasteiger partial charge in [0.05, 0.1) is 11.9 Å². The maximum atomic E-state index is 13.3. The van der Waals surface area contributed by atoms with Crippen LogP contribution in [0.25, 0.3) is 0 Å². The second-order valence-electron chi connectivity index (χ2n) is 9.36. The average Bonchev–Trinajstić information content (AvgIpc) is 3.53. The number of aromatic amines is 1. The normalized spacial score (nSPS) is 21.1. The first-order chi connectivity index (χ1) is 15.1. The number of H-pyrrole nitrogens is 1. The van der Waals surface area contributed by atoms with Crippen molar-refractivity contribution in [3.63, 3.8) is 0 Å². The van der Waals surface area contributed by atoms with Crippen molar-refractivity contribution >= 4 is 23.6 Å². The molecule has 2 aliphatic heterocycles. The quantitative estimate of drug-likeness (QED) is 0.765. The van der Waals surface area contributed by atoms with E-state index in [9.17, 15) is 4.79 Å². The fourth-order valence-corrected chi connectivity index (χ4v) is 5.04. The number of amides is 1. The molecule has 5 rings (SSSR count). The molecule has 2 aromatic heterocycles. The van der Waals surface area contributed by atoms with Crippen molar-refractivity contribution in [2.45, 2.75) is 77.2 Å². The summed E-state index contributed by atoms with van der Waals surface area (Å²) in [6.45, 7) is 6.89. The number of likely N-dealkylation sites (tertiary alicyclic amines) is 1. The first kappa shape index (κ1) is 20.3. The molecule has 1 aliphatic carbocycles. The Balaban J connectivity index is 1.42. The molecule has 1 amide bonds. The zero-order valence-electron chi connectivity index (χ0n) is 18.7. The largest absolute Gasteiger partial charge is 0.341 e. The molecular formula is C23H33N7O. The lowest BCUT2D eigenvalue weighted by Crippen LogP contribution is -2.48. The van der Waals surface area contributed by atoms with Gasteiger partial charge in [0.1, 0.15) is 11.9 Å². The summed E-state index contributed by atoms with van der Waals surface area (Å²) in [6, 6.07) is -0.137. The zero-order chi connectivity index (χ0) is 21.4. The van der Waals surface area contributed by atoms with Gasteiger partial charge in [0.2, 0.25) is 17.8 Å². The minimum Gasteiger partial charge on any atom is -0.341 e. The molecule has 0 spiro atoms. The Morgan fingerprint density at radius 3 is 2.71 bits per heavy atom. The third kappa shape index (κ3) is 4.00. The van der Waals surface area contributed by atoms with Crippen molar-refractivity contribution in [2.75, 3.05) is 29.9 Å². The molecule has 2 fully saturated rings. The molecule has 4 heterocycles. The molecule has 0 bridgehead atoms. The van der Waals surface area contributed by atoms with Gasteiger partial charge in [-0.05, 0) is 57.3 Å². The summed E-state index contributed by atoms with van der Waals surface area (Å²) < 4.78 is 0. The second-order valence-corrected chi connectivity index (χ2v) is 9.36. The van der Waals surface area contributed by atoms with E-state index in [2.05, 4.69) is 38.9 Å². The van der Waals surface area contributed by atoms with Gasteiger partial charge in [0, 0.05) is 30.9 Å². The van der Waals surface area contributed by atoms with Gasteiger partial charge in [0.25, 0.3) is 0 Å². The van der Waals surface area contributed by atoms with E-state index in [0.717, 1.165) is 81.8 Å². The number of anilines is 3. The Kier molecular flexibility index (Phi) is 5.54. The van der Waals surface area contributed by atoms with Crippen LogP contribution in [0.5, 0.6) is 0 Å². The number of nitrogens with one attached hydrogen (secondary N) is 2. The smallest absolute Gasteiger partial charge is 0.245 e. The number of hydrogen-bond donors (Lipinski definition) is 2. The first-order valence-electron chi connectivity index (χ1n) is 11.9. The Bertz CT molecular complexity index is 947. The van der Waals surface area contributed by atoms with Crippen LogP contribution in [0, 0.1) is 0 Å². The molecule has 2 saturated heterocycles. The van der Waals surface area contributed by atoms with E-state index in [-0.39, 0.29) is 11.9 Å². The van der Waals surface area contributed by atoms with Crippen LogP contribution in [0.1, 0.15) is 75.2 Å². The minimum absolute atomic E-state index is 0.137. The summed E-state index contributed by atoms with van der Waals surface area (Å²) in [7, 11) is 0. The van der Waals surface area contributed by atoms with E-state index in [0.29, 0.717) is 17.8 Å². The van der Waals surface area contributed by atoms with Gasteiger partial charge in [0.15, 0.2) is 0 Å². The predicted octanol–water partition coefficient (Wildman–Crippen LogP) is 3.54. The Labute approximate surface area is 183 Å². The third-order valence-corrected chi connectivity index (χ3v) is 6.84. The van der Waals surface area contributed by atoms with Crippen LogP contribution < -0.4 is 10.2 Å². The number of aryl methyl sites for hydroxylation is 1. The van der Waals surface area contributed by atoms with E-state index < -0.39 is 0 Å². The number of nitrogens with zero attached hydrogens (tertiary/aromatic N) is 5. The SMILES string of the molecule is CC(C)c1cnc(Nc2nc(N3CCC[C@@H]3C(=O)N3CCCCC3)nc3c2CCC3)[nH]1. The van der Waals surface area contributed by atoms with Crippen LogP contribution >= 0.6 is 0 Å². The van der Waals surface area contributed by atoms with Gasteiger partial charge < -0.3 is 20.1 Å². The molecule has 8 heteroatoms. The van der Waals surface area contributed by atoms with Gasteiger partial charge in [-0.15, -0.1) is 0 Å². The van der Waals surface area contributed by atoms with E-state index in [1.165, 1.54) is 12.0 Å². The highest BCUT2D eigenvalue weighted by Crippen LogP contribution is 2.33. The summed E-state index contributed by atoms with van der Waals surface area (Å²) in [4.78, 5) is 35.1. The molecule has 2 N–H and O–H groups in total. The van der Waals surface area contributed by atoms with Crippen LogP contribution in [0.15, 0.2) is 6.20 Å². The highest BCUT2D eigenvalue weighted by molar-refractivity contribution is 5.85. The predicted molar refractivity (Wildman–Crippen MR) is 121 cm³/mol. The van der Waals surface area contributed by atoms with Crippen molar-refractivity contribution in [2.24, 2.45) is 0 Å². The summed E-state index contributed by atoms with van der Waals surface area (Å²) in [5, 5.41) is 3.41. The number of hydrogen-bond acceptors (Lipinski definition) is 6. The average molecular weight is 424 g/mol. The highest BCUT2D eigenvalue weighted by atomic mass is 16.2. The number of fused-ring (bicyclic) bond motifs is 1. The molecule has 0 radical (unpaired) electrons. The van der Waals surface area contributed by atoms with E-state index in [1.54, 1.807) is 0 Å². The van der Waals surface area contributed by atoms with Crippen LogP contribution in [0.2, 0.25) is 0 Å². The highest BCUT2D eigenvalue weighted by Gasteiger charge is 2.36. The maximum Gasteiger partial charge on any atom is 0.245 e. The Hall–Kier alpha value is -2.64. The van der Waals surface area contributed by atoms with E-state index >= 15 is 0 Å². The molecule has 3 aliphatic rings. The zero-order valence-corrected chi connectivity index (χ0v) is 18.7. The topological polar surface area (TPSA) is 90.0 Å². The summed E-state index contributed by atoms with van der Waals surface area (Å²) in [5.41, 5.74) is 3.39. The fraction of sp³-hybridized carbons (Fsp3) is 0.652. The van der Waals surface area contributed by atoms with Crippen molar-refractivity contribution < 1.29 is 4.79 Å². The van der Waals surface area contributed by atoms with Crippen LogP contribution in [-0.2, 0) is 17.6 Å². The molecule has 1 atom stereocenters. The monoisotopic (exact) mass is 423 g/mol. The Morgan fingerprint density at radius 1 is 1.10 bits per heavy atom. The molecule has 0 saturated carbocycles. The maximum absolute atomic E-state index is 13.3. The van der Waals surface area contributed by atoms with E-state index in [1.807, 2.05) is 6.20 Å². The van der Waals surface area contributed by atoms with E-state index in [4.69, 9.17) is 9.97 Å². The van der Waals surface area contributed by atoms with Crippen molar-refractivity contribution in [3.8, 4) is 0 Å². The minimum atomic E-state index is -0.137. The molecule has 0 aromatic carbocycles. The van der Waals surface area contributed by atoms with Gasteiger partial charge in [-0.3, -0.25) is 4.79 Å². The number of carbonyl (C=O) groups excluding carboxylic acids is 1. The number of rotatable bonds is 5. The van der Waals surface area contributed by atoms with Crippen LogP contribution in [0.4, 0.5) is 17.7 Å². The lowest BCUT2D eigenvalue weighted by Gasteiger charge is -2.32. The van der Waals surface area contributed by atoms with Gasteiger partial charge in [-0.2, -0.15) is 4.98 Å². The Morgan fingerprint density at radius 2 is 1.94 bits per heavy atom. The van der Waals surface area contributed by atoms with Gasteiger partial charge in [-0.1, -0.05) is 13.8 Å². The molecular weight excluding hydrogens is 390 g/mol. The van der Waals surface area contributed by atoms with Crippen molar-refractivity contribution in [1.82, 2.24) is 24.8 Å². The fourth-order valence-electron chi connectivity index (χ4n) is 5.04. The molecule has 8 nitrogen and oxygen atoms in total. The van der Waals surface area contributed by atoms with Crippen molar-refractivity contribution in [1.29, 1.82) is 0 Å². The third-order valence-electron chi connectivity index (χ3n) is 6.84.